The van der Waals surface area contributed by atoms with Gasteiger partial charge in [-0.2, -0.15) is 0 Å². The second kappa shape index (κ2) is 5.41. The van der Waals surface area contributed by atoms with Crippen LogP contribution < -0.4 is 5.56 Å². The number of aromatic hydroxyl groups is 1. The van der Waals surface area contributed by atoms with Crippen LogP contribution in [0.25, 0.3) is 0 Å². The molecule has 9 heteroatoms. The minimum atomic E-state index is -0.875. The van der Waals surface area contributed by atoms with E-state index < -0.39 is 21.1 Å². The summed E-state index contributed by atoms with van der Waals surface area (Å²) in [5.41, 5.74) is -1.71. The first kappa shape index (κ1) is 14.2. The maximum absolute atomic E-state index is 11.9. The Bertz CT molecular complexity index is 783. The quantitative estimate of drug-likeness (QED) is 0.670. The number of nitrogens with zero attached hydrogens (tertiary/aromatic N) is 3. The average Bonchev–Trinajstić information content (AvgIpc) is 2.40. The lowest BCUT2D eigenvalue weighted by atomic mass is 10.1. The van der Waals surface area contributed by atoms with Crippen molar-refractivity contribution < 1.29 is 15.0 Å². The number of pyridine rings is 1. The van der Waals surface area contributed by atoms with Gasteiger partial charge in [0.1, 0.15) is 5.75 Å². The number of hydrogen-bond donors (Lipinski definition) is 1. The van der Waals surface area contributed by atoms with Crippen LogP contribution in [0.5, 0.6) is 5.75 Å². The Hall–Kier alpha value is -3.23. The van der Waals surface area contributed by atoms with E-state index in [1.165, 1.54) is 12.3 Å². The summed E-state index contributed by atoms with van der Waals surface area (Å²) in [6.45, 7) is -0.259. The molecule has 1 aromatic carbocycles. The molecule has 0 unspecified atom stereocenters. The van der Waals surface area contributed by atoms with Crippen molar-refractivity contribution >= 4 is 11.4 Å². The molecule has 9 nitrogen and oxygen atoms in total. The molecular weight excluding hydrogens is 282 g/mol. The highest BCUT2D eigenvalue weighted by atomic mass is 16.6. The van der Waals surface area contributed by atoms with Gasteiger partial charge >= 0.3 is 11.2 Å². The minimum Gasteiger partial charge on any atom is -0.508 e. The van der Waals surface area contributed by atoms with Gasteiger partial charge in [0.25, 0.3) is 5.69 Å². The van der Waals surface area contributed by atoms with E-state index in [1.807, 2.05) is 0 Å². The molecule has 108 valence electrons. The van der Waals surface area contributed by atoms with Gasteiger partial charge < -0.3 is 9.67 Å². The van der Waals surface area contributed by atoms with Crippen molar-refractivity contribution in [1.82, 2.24) is 4.57 Å². The van der Waals surface area contributed by atoms with Crippen molar-refractivity contribution in [3.05, 3.63) is 72.7 Å². The van der Waals surface area contributed by atoms with Gasteiger partial charge in [-0.15, -0.1) is 0 Å². The molecule has 2 aromatic rings. The van der Waals surface area contributed by atoms with E-state index in [0.717, 1.165) is 28.8 Å². The monoisotopic (exact) mass is 291 g/mol. The van der Waals surface area contributed by atoms with Crippen LogP contribution in [0, 0.1) is 20.2 Å². The summed E-state index contributed by atoms with van der Waals surface area (Å²) < 4.78 is 0.972. The SMILES string of the molecule is O=c1c([N+](=O)[O-])cccn1Cc1cc(O)ccc1[N+](=O)[O-]. The van der Waals surface area contributed by atoms with Crippen molar-refractivity contribution in [2.24, 2.45) is 0 Å². The van der Waals surface area contributed by atoms with Crippen molar-refractivity contribution in [1.29, 1.82) is 0 Å². The zero-order valence-corrected chi connectivity index (χ0v) is 10.5. The van der Waals surface area contributed by atoms with E-state index in [0.29, 0.717) is 0 Å². The molecule has 0 bridgehead atoms. The topological polar surface area (TPSA) is 129 Å². The molecule has 0 aliphatic heterocycles. The minimum absolute atomic E-state index is 0.0718. The zero-order valence-electron chi connectivity index (χ0n) is 10.5. The fourth-order valence-electron chi connectivity index (χ4n) is 1.85. The van der Waals surface area contributed by atoms with Gasteiger partial charge in [0.15, 0.2) is 0 Å². The first-order chi connectivity index (χ1) is 9.90. The van der Waals surface area contributed by atoms with Gasteiger partial charge in [0, 0.05) is 18.3 Å². The molecule has 0 aliphatic carbocycles. The van der Waals surface area contributed by atoms with Crippen LogP contribution in [0.4, 0.5) is 11.4 Å². The number of hydrogen-bond acceptors (Lipinski definition) is 6. The fraction of sp³-hybridized carbons (Fsp3) is 0.0833. The second-order valence-electron chi connectivity index (χ2n) is 4.15. The van der Waals surface area contributed by atoms with E-state index in [9.17, 15) is 30.1 Å². The Labute approximate surface area is 117 Å². The number of benzene rings is 1. The van der Waals surface area contributed by atoms with Crippen molar-refractivity contribution in [3.8, 4) is 5.75 Å². The van der Waals surface area contributed by atoms with Crippen LogP contribution in [0.3, 0.4) is 0 Å². The standard InChI is InChI=1S/C12H9N3O6/c16-9-3-4-10(14(18)19)8(6-9)7-13-5-1-2-11(12(13)17)15(20)21/h1-6,16H,7H2. The molecule has 0 saturated carbocycles. The predicted molar refractivity (Wildman–Crippen MR) is 71.2 cm³/mol. The third-order valence-corrected chi connectivity index (χ3v) is 2.80. The Kier molecular flexibility index (Phi) is 3.65. The van der Waals surface area contributed by atoms with Crippen LogP contribution >= 0.6 is 0 Å². The number of phenolic OH excluding ortho intramolecular Hbond substituents is 1. The summed E-state index contributed by atoms with van der Waals surface area (Å²) in [6.07, 6.45) is 1.28. The molecule has 0 amide bonds. The van der Waals surface area contributed by atoms with Gasteiger partial charge in [-0.25, -0.2) is 0 Å². The summed E-state index contributed by atoms with van der Waals surface area (Å²) in [7, 11) is 0. The molecule has 2 rings (SSSR count). The van der Waals surface area contributed by atoms with Gasteiger partial charge in [0.2, 0.25) is 0 Å². The zero-order chi connectivity index (χ0) is 15.6. The lowest BCUT2D eigenvalue weighted by Gasteiger charge is -2.06. The molecule has 1 aromatic heterocycles. The smallest absolute Gasteiger partial charge is 0.334 e. The summed E-state index contributed by atoms with van der Waals surface area (Å²) in [4.78, 5) is 32.0. The molecule has 1 N–H and O–H groups in total. The summed E-state index contributed by atoms with van der Waals surface area (Å²) in [5, 5.41) is 31.0. The molecule has 0 radical (unpaired) electrons. The van der Waals surface area contributed by atoms with Gasteiger partial charge in [0.05, 0.1) is 22.0 Å². The van der Waals surface area contributed by atoms with Gasteiger partial charge in [-0.05, 0) is 18.2 Å². The Morgan fingerprint density at radius 3 is 2.38 bits per heavy atom. The fourth-order valence-corrected chi connectivity index (χ4v) is 1.85. The highest BCUT2D eigenvalue weighted by Gasteiger charge is 2.18. The van der Waals surface area contributed by atoms with Crippen molar-refractivity contribution in [3.63, 3.8) is 0 Å². The lowest BCUT2D eigenvalue weighted by Crippen LogP contribution is -2.22. The van der Waals surface area contributed by atoms with Gasteiger partial charge in [-0.3, -0.25) is 25.0 Å². The van der Waals surface area contributed by atoms with Crippen LogP contribution in [-0.2, 0) is 6.54 Å². The average molecular weight is 291 g/mol. The predicted octanol–water partition coefficient (Wildman–Crippen LogP) is 1.42. The molecule has 1 heterocycles. The summed E-state index contributed by atoms with van der Waals surface area (Å²) in [5.74, 6) is -0.200. The molecule has 21 heavy (non-hydrogen) atoms. The number of aromatic nitrogens is 1. The number of phenols is 1. The summed E-state index contributed by atoms with van der Waals surface area (Å²) >= 11 is 0. The lowest BCUT2D eigenvalue weighted by molar-refractivity contribution is -0.386. The third kappa shape index (κ3) is 2.86. The van der Waals surface area contributed by atoms with Crippen LogP contribution in [0.2, 0.25) is 0 Å². The number of nitro groups is 2. The maximum Gasteiger partial charge on any atom is 0.334 e. The van der Waals surface area contributed by atoms with E-state index >= 15 is 0 Å². The normalized spacial score (nSPS) is 10.3. The van der Waals surface area contributed by atoms with Crippen molar-refractivity contribution in [2.45, 2.75) is 6.54 Å². The van der Waals surface area contributed by atoms with Crippen LogP contribution in [-0.4, -0.2) is 19.5 Å². The van der Waals surface area contributed by atoms with Crippen LogP contribution in [0.1, 0.15) is 5.56 Å². The highest BCUT2D eigenvalue weighted by Crippen LogP contribution is 2.23. The van der Waals surface area contributed by atoms with E-state index in [-0.39, 0.29) is 23.5 Å². The van der Waals surface area contributed by atoms with E-state index in [1.54, 1.807) is 0 Å². The third-order valence-electron chi connectivity index (χ3n) is 2.80. The Morgan fingerprint density at radius 1 is 1.10 bits per heavy atom. The highest BCUT2D eigenvalue weighted by molar-refractivity contribution is 5.45. The van der Waals surface area contributed by atoms with E-state index in [4.69, 9.17) is 0 Å². The molecule has 0 atom stereocenters. The molecular formula is C12H9N3O6. The first-order valence-electron chi connectivity index (χ1n) is 5.70. The first-order valence-corrected chi connectivity index (χ1v) is 5.70. The maximum atomic E-state index is 11.9. The molecule has 0 fully saturated rings. The Balaban J connectivity index is 2.51. The molecule has 0 spiro atoms. The largest absolute Gasteiger partial charge is 0.508 e. The van der Waals surface area contributed by atoms with E-state index in [2.05, 4.69) is 0 Å². The number of rotatable bonds is 4. The number of nitro benzene ring substituents is 1. The second-order valence-corrected chi connectivity index (χ2v) is 4.15. The van der Waals surface area contributed by atoms with Crippen molar-refractivity contribution in [2.75, 3.05) is 0 Å². The molecule has 0 aliphatic rings. The van der Waals surface area contributed by atoms with Gasteiger partial charge in [-0.1, -0.05) is 0 Å². The Morgan fingerprint density at radius 2 is 1.76 bits per heavy atom. The molecule has 0 saturated heterocycles. The summed E-state index contributed by atoms with van der Waals surface area (Å²) in [6, 6.07) is 5.75. The van der Waals surface area contributed by atoms with Crippen LogP contribution in [0.15, 0.2) is 41.3 Å².